The topological polar surface area (TPSA) is 55.8 Å². The van der Waals surface area contributed by atoms with Gasteiger partial charge in [0, 0.05) is 13.0 Å². The standard InChI is InChI=1S/C21H20FNO4/c22-15-8-6-14(7-9-15)18-10-11-19(27-18)26-13-3-12-23-20(24)16-4-1-2-5-17(16)21(23)25/h1-2,4-9,18-19H,3,10-13H2. The zero-order chi connectivity index (χ0) is 18.8. The minimum Gasteiger partial charge on any atom is -0.353 e. The van der Waals surface area contributed by atoms with Gasteiger partial charge in [0.25, 0.3) is 11.8 Å². The van der Waals surface area contributed by atoms with Crippen LogP contribution in [0.2, 0.25) is 0 Å². The molecule has 2 amide bonds. The maximum atomic E-state index is 13.0. The highest BCUT2D eigenvalue weighted by Crippen LogP contribution is 2.33. The van der Waals surface area contributed by atoms with Crippen LogP contribution in [0.4, 0.5) is 4.39 Å². The van der Waals surface area contributed by atoms with E-state index in [2.05, 4.69) is 0 Å². The Hall–Kier alpha value is -2.57. The van der Waals surface area contributed by atoms with Crippen molar-refractivity contribution in [3.05, 3.63) is 71.0 Å². The number of amides is 2. The predicted octanol–water partition coefficient (Wildman–Crippen LogP) is 3.71. The number of benzene rings is 2. The van der Waals surface area contributed by atoms with Gasteiger partial charge in [-0.2, -0.15) is 0 Å². The maximum absolute atomic E-state index is 13.0. The monoisotopic (exact) mass is 369 g/mol. The Morgan fingerprint density at radius 1 is 1.00 bits per heavy atom. The number of fused-ring (bicyclic) bond motifs is 1. The van der Waals surface area contributed by atoms with Gasteiger partial charge in [0.05, 0.1) is 23.8 Å². The first-order valence-corrected chi connectivity index (χ1v) is 9.11. The van der Waals surface area contributed by atoms with Crippen molar-refractivity contribution >= 4 is 11.8 Å². The molecule has 2 aliphatic rings. The molecule has 2 heterocycles. The second-order valence-electron chi connectivity index (χ2n) is 6.72. The van der Waals surface area contributed by atoms with Crippen molar-refractivity contribution in [2.45, 2.75) is 31.7 Å². The first kappa shape index (κ1) is 17.8. The van der Waals surface area contributed by atoms with Gasteiger partial charge < -0.3 is 9.47 Å². The lowest BCUT2D eigenvalue weighted by Gasteiger charge is -2.16. The molecule has 0 spiro atoms. The van der Waals surface area contributed by atoms with Crippen molar-refractivity contribution in [1.29, 1.82) is 0 Å². The molecule has 27 heavy (non-hydrogen) atoms. The molecule has 0 saturated carbocycles. The van der Waals surface area contributed by atoms with Crippen molar-refractivity contribution in [1.82, 2.24) is 4.90 Å². The molecular formula is C21H20FNO4. The lowest BCUT2D eigenvalue weighted by molar-refractivity contribution is -0.135. The molecule has 4 rings (SSSR count). The minimum atomic E-state index is -0.317. The average Bonchev–Trinajstić information content (AvgIpc) is 3.25. The van der Waals surface area contributed by atoms with E-state index in [1.54, 1.807) is 36.4 Å². The normalized spacial score (nSPS) is 21.7. The van der Waals surface area contributed by atoms with Crippen LogP contribution in [0.3, 0.4) is 0 Å². The van der Waals surface area contributed by atoms with Crippen LogP contribution in [-0.2, 0) is 9.47 Å². The Morgan fingerprint density at radius 3 is 2.33 bits per heavy atom. The van der Waals surface area contributed by atoms with Gasteiger partial charge in [0.15, 0.2) is 6.29 Å². The van der Waals surface area contributed by atoms with E-state index >= 15 is 0 Å². The van der Waals surface area contributed by atoms with Crippen LogP contribution in [0.25, 0.3) is 0 Å². The van der Waals surface area contributed by atoms with Crippen LogP contribution in [0, 0.1) is 5.82 Å². The highest BCUT2D eigenvalue weighted by atomic mass is 19.1. The first-order valence-electron chi connectivity index (χ1n) is 9.11. The van der Waals surface area contributed by atoms with Gasteiger partial charge in [0.1, 0.15) is 5.82 Å². The Morgan fingerprint density at radius 2 is 1.67 bits per heavy atom. The predicted molar refractivity (Wildman–Crippen MR) is 95.6 cm³/mol. The minimum absolute atomic E-state index is 0.0909. The zero-order valence-electron chi connectivity index (χ0n) is 14.8. The van der Waals surface area contributed by atoms with E-state index in [1.165, 1.54) is 17.0 Å². The van der Waals surface area contributed by atoms with E-state index in [-0.39, 0.29) is 30.0 Å². The Bertz CT molecular complexity index is 817. The molecule has 0 bridgehead atoms. The number of hydrogen-bond donors (Lipinski definition) is 0. The third kappa shape index (κ3) is 3.63. The summed E-state index contributed by atoms with van der Waals surface area (Å²) in [5.41, 5.74) is 1.86. The molecule has 2 aliphatic heterocycles. The fraction of sp³-hybridized carbons (Fsp3) is 0.333. The van der Waals surface area contributed by atoms with Gasteiger partial charge in [-0.25, -0.2) is 4.39 Å². The van der Waals surface area contributed by atoms with E-state index in [0.717, 1.165) is 18.4 Å². The molecule has 140 valence electrons. The fourth-order valence-corrected chi connectivity index (χ4v) is 3.53. The number of rotatable bonds is 6. The summed E-state index contributed by atoms with van der Waals surface area (Å²) in [6.07, 6.45) is 1.71. The van der Waals surface area contributed by atoms with E-state index in [4.69, 9.17) is 9.47 Å². The molecule has 2 atom stereocenters. The third-order valence-corrected chi connectivity index (χ3v) is 4.93. The molecule has 5 nitrogen and oxygen atoms in total. The highest BCUT2D eigenvalue weighted by molar-refractivity contribution is 6.21. The number of hydrogen-bond acceptors (Lipinski definition) is 4. The van der Waals surface area contributed by atoms with E-state index in [9.17, 15) is 14.0 Å². The number of carbonyl (C=O) groups is 2. The largest absolute Gasteiger partial charge is 0.353 e. The Balaban J connectivity index is 1.23. The summed E-state index contributed by atoms with van der Waals surface area (Å²) in [7, 11) is 0. The number of imide groups is 1. The Kier molecular flexibility index (Phi) is 5.01. The second kappa shape index (κ2) is 7.58. The molecule has 2 aromatic rings. The van der Waals surface area contributed by atoms with Crippen LogP contribution in [-0.4, -0.2) is 36.2 Å². The molecule has 6 heteroatoms. The molecule has 1 fully saturated rings. The number of carbonyl (C=O) groups excluding carboxylic acids is 2. The van der Waals surface area contributed by atoms with Gasteiger partial charge in [-0.15, -0.1) is 0 Å². The lowest BCUT2D eigenvalue weighted by Crippen LogP contribution is -2.31. The van der Waals surface area contributed by atoms with Crippen LogP contribution < -0.4 is 0 Å². The van der Waals surface area contributed by atoms with Crippen LogP contribution >= 0.6 is 0 Å². The molecule has 1 saturated heterocycles. The van der Waals surface area contributed by atoms with Crippen molar-refractivity contribution in [3.8, 4) is 0 Å². The maximum Gasteiger partial charge on any atom is 0.261 e. The van der Waals surface area contributed by atoms with E-state index in [0.29, 0.717) is 30.7 Å². The molecule has 0 radical (unpaired) electrons. The molecule has 0 aromatic heterocycles. The van der Waals surface area contributed by atoms with Gasteiger partial charge in [-0.1, -0.05) is 24.3 Å². The second-order valence-corrected chi connectivity index (χ2v) is 6.72. The van der Waals surface area contributed by atoms with Crippen molar-refractivity contribution in [2.75, 3.05) is 13.2 Å². The van der Waals surface area contributed by atoms with Gasteiger partial charge in [-0.05, 0) is 42.7 Å². The molecule has 2 aromatic carbocycles. The van der Waals surface area contributed by atoms with Gasteiger partial charge in [-0.3, -0.25) is 14.5 Å². The first-order chi connectivity index (χ1) is 13.1. The SMILES string of the molecule is O=C1c2ccccc2C(=O)N1CCCOC1CCC(c2ccc(F)cc2)O1. The summed E-state index contributed by atoms with van der Waals surface area (Å²) in [5.74, 6) is -0.758. The van der Waals surface area contributed by atoms with Crippen molar-refractivity contribution < 1.29 is 23.5 Å². The van der Waals surface area contributed by atoms with Crippen LogP contribution in [0.1, 0.15) is 51.6 Å². The summed E-state index contributed by atoms with van der Waals surface area (Å²) < 4.78 is 24.6. The third-order valence-electron chi connectivity index (χ3n) is 4.93. The quantitative estimate of drug-likeness (QED) is 0.575. The smallest absolute Gasteiger partial charge is 0.261 e. The Labute approximate surface area is 156 Å². The number of nitrogens with zero attached hydrogens (tertiary/aromatic N) is 1. The summed E-state index contributed by atoms with van der Waals surface area (Å²) in [6, 6.07) is 13.2. The fourth-order valence-electron chi connectivity index (χ4n) is 3.53. The molecular weight excluding hydrogens is 349 g/mol. The van der Waals surface area contributed by atoms with E-state index < -0.39 is 0 Å². The number of ether oxygens (including phenoxy) is 2. The van der Waals surface area contributed by atoms with Gasteiger partial charge in [0.2, 0.25) is 0 Å². The van der Waals surface area contributed by atoms with E-state index in [1.807, 2.05) is 0 Å². The molecule has 0 aliphatic carbocycles. The van der Waals surface area contributed by atoms with Crippen LogP contribution in [0.15, 0.2) is 48.5 Å². The van der Waals surface area contributed by atoms with Crippen molar-refractivity contribution in [2.24, 2.45) is 0 Å². The highest BCUT2D eigenvalue weighted by Gasteiger charge is 2.34. The van der Waals surface area contributed by atoms with Gasteiger partial charge >= 0.3 is 0 Å². The summed E-state index contributed by atoms with van der Waals surface area (Å²) in [4.78, 5) is 25.9. The summed E-state index contributed by atoms with van der Waals surface area (Å²) >= 11 is 0. The molecule has 0 N–H and O–H groups in total. The zero-order valence-corrected chi connectivity index (χ0v) is 14.8. The number of halogens is 1. The average molecular weight is 369 g/mol. The summed E-state index contributed by atoms with van der Waals surface area (Å²) in [5, 5.41) is 0. The van der Waals surface area contributed by atoms with Crippen molar-refractivity contribution in [3.63, 3.8) is 0 Å². The van der Waals surface area contributed by atoms with Crippen LogP contribution in [0.5, 0.6) is 0 Å². The molecule has 2 unspecified atom stereocenters. The lowest BCUT2D eigenvalue weighted by atomic mass is 10.1. The summed E-state index contributed by atoms with van der Waals surface area (Å²) in [6.45, 7) is 0.717.